The molecule has 1 fully saturated rings. The topological polar surface area (TPSA) is 112 Å². The van der Waals surface area contributed by atoms with Gasteiger partial charge >= 0.3 is 5.91 Å². The molecule has 1 aliphatic heterocycles. The Balaban J connectivity index is 1.65. The summed E-state index contributed by atoms with van der Waals surface area (Å²) in [7, 11) is -4.06. The molecular weight excluding hydrogens is 451 g/mol. The highest BCUT2D eigenvalue weighted by atomic mass is 32.2. The summed E-state index contributed by atoms with van der Waals surface area (Å²) in [5, 5.41) is 0. The lowest BCUT2D eigenvalue weighted by molar-refractivity contribution is 0.0828. The number of furan rings is 1. The number of piperidine rings is 1. The Bertz CT molecular complexity index is 1090. The fourth-order valence-corrected chi connectivity index (χ4v) is 5.19. The van der Waals surface area contributed by atoms with Crippen LogP contribution in [0.3, 0.4) is 0 Å². The maximum atomic E-state index is 14.3. The van der Waals surface area contributed by atoms with E-state index in [2.05, 4.69) is 15.8 Å². The Morgan fingerprint density at radius 1 is 1.03 bits per heavy atom. The molecular formula is C22H29FN4O5S. The maximum Gasteiger partial charge on any atom is 0.305 e. The molecule has 2 heterocycles. The largest absolute Gasteiger partial charge is 0.454 e. The molecule has 1 aliphatic rings. The number of rotatable bonds is 8. The SMILES string of the molecule is CCN(CC)Cc1ccc(C(=O)NNC(=O)c2ccc(F)c(S(=O)(=O)N3CCCCC3)c2)o1. The van der Waals surface area contributed by atoms with Crippen LogP contribution >= 0.6 is 0 Å². The van der Waals surface area contributed by atoms with Crippen LogP contribution in [0, 0.1) is 5.82 Å². The summed E-state index contributed by atoms with van der Waals surface area (Å²) in [5.41, 5.74) is 4.33. The normalized spacial score (nSPS) is 14.9. The second-order valence-corrected chi connectivity index (χ2v) is 9.65. The van der Waals surface area contributed by atoms with E-state index in [-0.39, 0.29) is 11.3 Å². The minimum atomic E-state index is -4.06. The van der Waals surface area contributed by atoms with E-state index in [0.29, 0.717) is 38.2 Å². The number of nitrogens with one attached hydrogen (secondary N) is 2. The summed E-state index contributed by atoms with van der Waals surface area (Å²) in [6, 6.07) is 6.25. The van der Waals surface area contributed by atoms with Crippen LogP contribution in [0.5, 0.6) is 0 Å². The molecule has 2 amide bonds. The van der Waals surface area contributed by atoms with E-state index < -0.39 is 32.6 Å². The van der Waals surface area contributed by atoms with E-state index in [1.807, 2.05) is 13.8 Å². The van der Waals surface area contributed by atoms with Gasteiger partial charge in [0.2, 0.25) is 10.0 Å². The number of hydrogen-bond donors (Lipinski definition) is 2. The quantitative estimate of drug-likeness (QED) is 0.562. The molecule has 11 heteroatoms. The van der Waals surface area contributed by atoms with Crippen molar-refractivity contribution in [1.29, 1.82) is 0 Å². The summed E-state index contributed by atoms with van der Waals surface area (Å²) in [6.45, 7) is 6.89. The van der Waals surface area contributed by atoms with Crippen LogP contribution in [0.25, 0.3) is 0 Å². The van der Waals surface area contributed by atoms with Crippen molar-refractivity contribution in [3.8, 4) is 0 Å². The number of amides is 2. The standard InChI is InChI=1S/C22H29FN4O5S/c1-3-26(4-2)15-17-9-11-19(32-17)22(29)25-24-21(28)16-8-10-18(23)20(14-16)33(30,31)27-12-6-5-7-13-27/h8-11,14H,3-7,12-13,15H2,1-2H3,(H,24,28)(H,25,29). The van der Waals surface area contributed by atoms with Crippen LogP contribution in [-0.2, 0) is 16.6 Å². The van der Waals surface area contributed by atoms with Gasteiger partial charge < -0.3 is 4.42 Å². The van der Waals surface area contributed by atoms with Gasteiger partial charge in [-0.3, -0.25) is 25.3 Å². The molecule has 0 aliphatic carbocycles. The maximum absolute atomic E-state index is 14.3. The van der Waals surface area contributed by atoms with Crippen molar-refractivity contribution in [1.82, 2.24) is 20.1 Å². The molecule has 0 radical (unpaired) electrons. The van der Waals surface area contributed by atoms with E-state index in [0.717, 1.165) is 37.7 Å². The van der Waals surface area contributed by atoms with Crippen LogP contribution in [0.1, 0.15) is 59.8 Å². The summed E-state index contributed by atoms with van der Waals surface area (Å²) in [4.78, 5) is 26.3. The number of carbonyl (C=O) groups excluding carboxylic acids is 2. The lowest BCUT2D eigenvalue weighted by Crippen LogP contribution is -2.41. The van der Waals surface area contributed by atoms with Crippen LogP contribution < -0.4 is 10.9 Å². The molecule has 33 heavy (non-hydrogen) atoms. The number of halogens is 1. The molecule has 0 saturated carbocycles. The molecule has 3 rings (SSSR count). The van der Waals surface area contributed by atoms with Gasteiger partial charge in [-0.05, 0) is 56.3 Å². The molecule has 2 aromatic rings. The van der Waals surface area contributed by atoms with Gasteiger partial charge in [0.05, 0.1) is 6.54 Å². The van der Waals surface area contributed by atoms with E-state index in [9.17, 15) is 22.4 Å². The molecule has 0 spiro atoms. The van der Waals surface area contributed by atoms with Gasteiger partial charge in [0.1, 0.15) is 16.5 Å². The monoisotopic (exact) mass is 480 g/mol. The van der Waals surface area contributed by atoms with Gasteiger partial charge in [0, 0.05) is 18.7 Å². The highest BCUT2D eigenvalue weighted by molar-refractivity contribution is 7.89. The molecule has 0 bridgehead atoms. The van der Waals surface area contributed by atoms with Crippen molar-refractivity contribution in [2.75, 3.05) is 26.2 Å². The predicted molar refractivity (Wildman–Crippen MR) is 119 cm³/mol. The summed E-state index contributed by atoms with van der Waals surface area (Å²) in [5.74, 6) is -1.76. The van der Waals surface area contributed by atoms with Crippen LogP contribution in [-0.4, -0.2) is 55.6 Å². The van der Waals surface area contributed by atoms with Crippen molar-refractivity contribution in [2.45, 2.75) is 44.6 Å². The number of hydrazine groups is 1. The van der Waals surface area contributed by atoms with Crippen LogP contribution in [0.2, 0.25) is 0 Å². The number of sulfonamides is 1. The second-order valence-electron chi connectivity index (χ2n) is 7.75. The Labute approximate surface area is 192 Å². The van der Waals surface area contributed by atoms with Gasteiger partial charge in [0.15, 0.2) is 5.76 Å². The van der Waals surface area contributed by atoms with E-state index >= 15 is 0 Å². The van der Waals surface area contributed by atoms with Gasteiger partial charge in [-0.2, -0.15) is 4.31 Å². The Morgan fingerprint density at radius 3 is 2.36 bits per heavy atom. The zero-order valence-electron chi connectivity index (χ0n) is 18.8. The summed E-state index contributed by atoms with van der Waals surface area (Å²) in [6.07, 6.45) is 2.33. The lowest BCUT2D eigenvalue weighted by atomic mass is 10.2. The number of hydrogen-bond acceptors (Lipinski definition) is 6. The molecule has 1 aromatic heterocycles. The van der Waals surface area contributed by atoms with Crippen molar-refractivity contribution >= 4 is 21.8 Å². The minimum Gasteiger partial charge on any atom is -0.454 e. The van der Waals surface area contributed by atoms with E-state index in [1.165, 1.54) is 10.4 Å². The van der Waals surface area contributed by atoms with Crippen molar-refractivity contribution in [3.05, 3.63) is 53.2 Å². The van der Waals surface area contributed by atoms with Crippen molar-refractivity contribution in [3.63, 3.8) is 0 Å². The summed E-state index contributed by atoms with van der Waals surface area (Å²) < 4.78 is 46.7. The van der Waals surface area contributed by atoms with Crippen LogP contribution in [0.15, 0.2) is 39.6 Å². The Morgan fingerprint density at radius 2 is 1.70 bits per heavy atom. The second kappa shape index (κ2) is 10.9. The minimum absolute atomic E-state index is 0.0185. The van der Waals surface area contributed by atoms with Gasteiger partial charge in [-0.1, -0.05) is 20.3 Å². The Hall–Kier alpha value is -2.76. The van der Waals surface area contributed by atoms with Gasteiger partial charge in [0.25, 0.3) is 5.91 Å². The molecule has 2 N–H and O–H groups in total. The number of benzene rings is 1. The van der Waals surface area contributed by atoms with Gasteiger partial charge in [-0.25, -0.2) is 12.8 Å². The third-order valence-corrected chi connectivity index (χ3v) is 7.49. The lowest BCUT2D eigenvalue weighted by Gasteiger charge is -2.26. The predicted octanol–water partition coefficient (Wildman–Crippen LogP) is 2.51. The highest BCUT2D eigenvalue weighted by Crippen LogP contribution is 2.24. The summed E-state index contributed by atoms with van der Waals surface area (Å²) >= 11 is 0. The first-order chi connectivity index (χ1) is 15.8. The third-order valence-electron chi connectivity index (χ3n) is 5.58. The van der Waals surface area contributed by atoms with Crippen molar-refractivity contribution < 1.29 is 26.8 Å². The first-order valence-corrected chi connectivity index (χ1v) is 12.4. The highest BCUT2D eigenvalue weighted by Gasteiger charge is 2.29. The molecule has 9 nitrogen and oxygen atoms in total. The molecule has 1 aromatic carbocycles. The zero-order chi connectivity index (χ0) is 24.0. The first-order valence-electron chi connectivity index (χ1n) is 11.0. The zero-order valence-corrected chi connectivity index (χ0v) is 19.6. The molecule has 0 unspecified atom stereocenters. The van der Waals surface area contributed by atoms with Crippen LogP contribution in [0.4, 0.5) is 4.39 Å². The van der Waals surface area contributed by atoms with E-state index in [4.69, 9.17) is 4.42 Å². The Kier molecular flexibility index (Phi) is 8.22. The average molecular weight is 481 g/mol. The molecule has 1 saturated heterocycles. The first kappa shape index (κ1) is 24.9. The fraction of sp³-hybridized carbons (Fsp3) is 0.455. The molecule has 0 atom stereocenters. The van der Waals surface area contributed by atoms with Crippen molar-refractivity contribution in [2.24, 2.45) is 0 Å². The van der Waals surface area contributed by atoms with Gasteiger partial charge in [-0.15, -0.1) is 0 Å². The fourth-order valence-electron chi connectivity index (χ4n) is 3.59. The third kappa shape index (κ3) is 5.98. The van der Waals surface area contributed by atoms with E-state index in [1.54, 1.807) is 6.07 Å². The average Bonchev–Trinajstić information content (AvgIpc) is 3.30. The number of nitrogens with zero attached hydrogens (tertiary/aromatic N) is 2. The molecule has 180 valence electrons. The smallest absolute Gasteiger partial charge is 0.305 e. The number of carbonyl (C=O) groups is 2.